The molecular weight excluding hydrogens is 194 g/mol. The van der Waals surface area contributed by atoms with Crippen LogP contribution in [-0.2, 0) is 5.41 Å². The molecule has 14 heavy (non-hydrogen) atoms. The van der Waals surface area contributed by atoms with Crippen molar-refractivity contribution in [1.82, 2.24) is 4.72 Å². The average molecular weight is 209 g/mol. The molecule has 76 valence electrons. The predicted octanol–water partition coefficient (Wildman–Crippen LogP) is 2.56. The van der Waals surface area contributed by atoms with Crippen molar-refractivity contribution >= 4 is 18.7 Å². The van der Waals surface area contributed by atoms with Gasteiger partial charge < -0.3 is 0 Å². The molecule has 1 aromatic carbocycles. The first-order valence-electron chi connectivity index (χ1n) is 4.50. The summed E-state index contributed by atoms with van der Waals surface area (Å²) in [4.78, 5) is 11.2. The number of carbonyl (C=O) groups excluding carboxylic acids is 1. The van der Waals surface area contributed by atoms with E-state index in [0.29, 0.717) is 5.56 Å². The van der Waals surface area contributed by atoms with E-state index < -0.39 is 0 Å². The first kappa shape index (κ1) is 11.1. The number of benzene rings is 1. The zero-order chi connectivity index (χ0) is 10.8. The second kappa shape index (κ2) is 4.05. The van der Waals surface area contributed by atoms with Crippen molar-refractivity contribution in [2.75, 3.05) is 0 Å². The Balaban J connectivity index is 2.95. The van der Waals surface area contributed by atoms with Crippen LogP contribution in [0.1, 0.15) is 36.7 Å². The smallest absolute Gasteiger partial charge is 0.260 e. The number of nitrogens with one attached hydrogen (secondary N) is 1. The summed E-state index contributed by atoms with van der Waals surface area (Å²) >= 11 is 3.71. The highest BCUT2D eigenvalue weighted by atomic mass is 32.1. The summed E-state index contributed by atoms with van der Waals surface area (Å²) in [6.45, 7) is 6.42. The maximum atomic E-state index is 11.2. The Morgan fingerprint density at radius 1 is 1.21 bits per heavy atom. The molecule has 0 fully saturated rings. The molecule has 0 unspecified atom stereocenters. The third-order valence-electron chi connectivity index (χ3n) is 2.11. The van der Waals surface area contributed by atoms with Crippen molar-refractivity contribution < 1.29 is 4.79 Å². The van der Waals surface area contributed by atoms with Gasteiger partial charge in [0, 0.05) is 5.56 Å². The van der Waals surface area contributed by atoms with Gasteiger partial charge in [0.25, 0.3) is 5.91 Å². The lowest BCUT2D eigenvalue weighted by Gasteiger charge is -2.18. The molecule has 1 amide bonds. The molecule has 0 aliphatic heterocycles. The molecule has 3 heteroatoms. The van der Waals surface area contributed by atoms with Crippen LogP contribution in [0.4, 0.5) is 0 Å². The first-order valence-corrected chi connectivity index (χ1v) is 4.95. The molecule has 2 nitrogen and oxygen atoms in total. The van der Waals surface area contributed by atoms with Gasteiger partial charge in [0.05, 0.1) is 0 Å². The summed E-state index contributed by atoms with van der Waals surface area (Å²) in [6, 6.07) is 7.56. The van der Waals surface area contributed by atoms with E-state index in [0.717, 1.165) is 0 Å². The van der Waals surface area contributed by atoms with Crippen molar-refractivity contribution in [3.05, 3.63) is 35.4 Å². The van der Waals surface area contributed by atoms with E-state index in [1.165, 1.54) is 5.56 Å². The predicted molar refractivity (Wildman–Crippen MR) is 61.6 cm³/mol. The van der Waals surface area contributed by atoms with Crippen molar-refractivity contribution in [1.29, 1.82) is 0 Å². The molecule has 1 aromatic rings. The van der Waals surface area contributed by atoms with Gasteiger partial charge in [-0.3, -0.25) is 9.52 Å². The van der Waals surface area contributed by atoms with E-state index >= 15 is 0 Å². The molecule has 0 atom stereocenters. The minimum absolute atomic E-state index is 0.121. The van der Waals surface area contributed by atoms with Gasteiger partial charge in [0.1, 0.15) is 0 Å². The van der Waals surface area contributed by atoms with E-state index in [1.807, 2.05) is 24.3 Å². The average Bonchev–Trinajstić information content (AvgIpc) is 2.15. The topological polar surface area (TPSA) is 29.1 Å². The number of hydrogen-bond acceptors (Lipinski definition) is 2. The number of thiol groups is 1. The largest absolute Gasteiger partial charge is 0.299 e. The molecule has 0 saturated carbocycles. The van der Waals surface area contributed by atoms with Crippen molar-refractivity contribution in [3.63, 3.8) is 0 Å². The lowest BCUT2D eigenvalue weighted by Crippen LogP contribution is -2.14. The van der Waals surface area contributed by atoms with Crippen molar-refractivity contribution in [2.24, 2.45) is 0 Å². The van der Waals surface area contributed by atoms with E-state index in [-0.39, 0.29) is 11.3 Å². The molecule has 1 rings (SSSR count). The number of rotatable bonds is 1. The summed E-state index contributed by atoms with van der Waals surface area (Å²) in [5.41, 5.74) is 1.97. The van der Waals surface area contributed by atoms with Crippen LogP contribution in [0, 0.1) is 0 Å². The Morgan fingerprint density at radius 3 is 2.07 bits per heavy atom. The monoisotopic (exact) mass is 209 g/mol. The molecule has 0 bridgehead atoms. The first-order chi connectivity index (χ1) is 6.45. The zero-order valence-corrected chi connectivity index (χ0v) is 9.56. The Labute approximate surface area is 90.3 Å². The highest BCUT2D eigenvalue weighted by molar-refractivity contribution is 7.78. The lowest BCUT2D eigenvalue weighted by atomic mass is 9.87. The summed E-state index contributed by atoms with van der Waals surface area (Å²) in [7, 11) is 0. The molecule has 1 N–H and O–H groups in total. The van der Waals surface area contributed by atoms with Crippen LogP contribution in [0.5, 0.6) is 0 Å². The quantitative estimate of drug-likeness (QED) is 0.684. The molecular formula is C11H15NOS. The molecule has 0 saturated heterocycles. The van der Waals surface area contributed by atoms with E-state index in [1.54, 1.807) is 0 Å². The van der Waals surface area contributed by atoms with Crippen molar-refractivity contribution in [3.8, 4) is 0 Å². The van der Waals surface area contributed by atoms with Crippen LogP contribution in [-0.4, -0.2) is 5.91 Å². The fourth-order valence-corrected chi connectivity index (χ4v) is 1.32. The van der Waals surface area contributed by atoms with Crippen LogP contribution in [0.3, 0.4) is 0 Å². The SMILES string of the molecule is CC(C)(C)c1ccc(C(=O)NS)cc1. The Morgan fingerprint density at radius 2 is 1.71 bits per heavy atom. The van der Waals surface area contributed by atoms with Crippen LogP contribution < -0.4 is 4.72 Å². The third-order valence-corrected chi connectivity index (χ3v) is 2.32. The minimum atomic E-state index is -0.172. The minimum Gasteiger partial charge on any atom is -0.299 e. The number of carbonyl (C=O) groups is 1. The summed E-state index contributed by atoms with van der Waals surface area (Å²) in [5, 5.41) is 0. The van der Waals surface area contributed by atoms with E-state index in [9.17, 15) is 4.79 Å². The van der Waals surface area contributed by atoms with Gasteiger partial charge in [-0.15, -0.1) is 0 Å². The molecule has 0 radical (unpaired) electrons. The number of hydrogen-bond donors (Lipinski definition) is 2. The fraction of sp³-hybridized carbons (Fsp3) is 0.364. The van der Waals surface area contributed by atoms with Gasteiger partial charge in [0.2, 0.25) is 0 Å². The van der Waals surface area contributed by atoms with E-state index in [2.05, 4.69) is 38.3 Å². The highest BCUT2D eigenvalue weighted by Crippen LogP contribution is 2.22. The fourth-order valence-electron chi connectivity index (χ4n) is 1.19. The van der Waals surface area contributed by atoms with Crippen molar-refractivity contribution in [2.45, 2.75) is 26.2 Å². The Kier molecular flexibility index (Phi) is 3.21. The molecule has 0 aromatic heterocycles. The van der Waals surface area contributed by atoms with Gasteiger partial charge >= 0.3 is 0 Å². The van der Waals surface area contributed by atoms with E-state index in [4.69, 9.17) is 0 Å². The van der Waals surface area contributed by atoms with Gasteiger partial charge in [-0.2, -0.15) is 0 Å². The molecule has 0 heterocycles. The Hall–Kier alpha value is -0.960. The molecule has 0 spiro atoms. The Bertz CT molecular complexity index is 324. The summed E-state index contributed by atoms with van der Waals surface area (Å²) in [5.74, 6) is -0.172. The zero-order valence-electron chi connectivity index (χ0n) is 8.66. The van der Waals surface area contributed by atoms with Crippen LogP contribution in [0.15, 0.2) is 24.3 Å². The summed E-state index contributed by atoms with van der Waals surface area (Å²) < 4.78 is 2.29. The van der Waals surface area contributed by atoms with Gasteiger partial charge in [-0.25, -0.2) is 0 Å². The maximum Gasteiger partial charge on any atom is 0.260 e. The second-order valence-electron chi connectivity index (χ2n) is 4.27. The third kappa shape index (κ3) is 2.51. The van der Waals surface area contributed by atoms with Gasteiger partial charge in [-0.1, -0.05) is 45.7 Å². The lowest BCUT2D eigenvalue weighted by molar-refractivity contribution is 0.0985. The standard InChI is InChI=1S/C11H15NOS/c1-11(2,3)9-6-4-8(5-7-9)10(13)12-14/h4-7,14H,1-3H3,(H,12,13). The van der Waals surface area contributed by atoms with Gasteiger partial charge in [-0.05, 0) is 23.1 Å². The van der Waals surface area contributed by atoms with Crippen LogP contribution in [0.25, 0.3) is 0 Å². The normalized spacial score (nSPS) is 11.1. The van der Waals surface area contributed by atoms with Crippen LogP contribution >= 0.6 is 12.8 Å². The second-order valence-corrected chi connectivity index (χ2v) is 4.49. The molecule has 0 aliphatic rings. The highest BCUT2D eigenvalue weighted by Gasteiger charge is 2.13. The number of amides is 1. The van der Waals surface area contributed by atoms with Gasteiger partial charge in [0.15, 0.2) is 0 Å². The molecule has 0 aliphatic carbocycles. The maximum absolute atomic E-state index is 11.2. The summed E-state index contributed by atoms with van der Waals surface area (Å²) in [6.07, 6.45) is 0. The van der Waals surface area contributed by atoms with Crippen LogP contribution in [0.2, 0.25) is 0 Å².